The van der Waals surface area contributed by atoms with Gasteiger partial charge in [0.1, 0.15) is 0 Å². The van der Waals surface area contributed by atoms with E-state index in [4.69, 9.17) is 5.73 Å². The normalized spacial score (nSPS) is 10.8. The van der Waals surface area contributed by atoms with Crippen LogP contribution in [0.4, 0.5) is 13.2 Å². The molecule has 148 valence electrons. The minimum atomic E-state index is -4.44. The molecule has 1 aromatic carbocycles. The lowest BCUT2D eigenvalue weighted by molar-refractivity contribution is -0.154. The van der Waals surface area contributed by atoms with Crippen LogP contribution in [0.15, 0.2) is 48.7 Å². The summed E-state index contributed by atoms with van der Waals surface area (Å²) in [6.07, 6.45) is -2.56. The molecule has 5 nitrogen and oxygen atoms in total. The molecule has 2 rings (SSSR count). The number of hydrogen-bond donors (Lipinski definition) is 1. The molecule has 0 aliphatic carbocycles. The Labute approximate surface area is 161 Å². The molecule has 0 radical (unpaired) electrons. The van der Waals surface area contributed by atoms with E-state index in [-0.39, 0.29) is 29.8 Å². The molecule has 1 heterocycles. The van der Waals surface area contributed by atoms with Crippen LogP contribution in [0.25, 0.3) is 0 Å². The molecule has 0 atom stereocenters. The number of carbonyl (C=O) groups excluding carboxylic acids is 1. The highest BCUT2D eigenvalue weighted by Gasteiger charge is 2.28. The van der Waals surface area contributed by atoms with Gasteiger partial charge < -0.3 is 15.4 Å². The summed E-state index contributed by atoms with van der Waals surface area (Å²) in [7, 11) is 0. The molecular formula is C18H21ClF3N3O2. The van der Waals surface area contributed by atoms with E-state index in [1.165, 1.54) is 18.3 Å². The first kappa shape index (κ1) is 22.7. The van der Waals surface area contributed by atoms with Gasteiger partial charge in [0.25, 0.3) is 5.91 Å². The second-order valence-electron chi connectivity index (χ2n) is 5.61. The van der Waals surface area contributed by atoms with Gasteiger partial charge in [0.15, 0.2) is 6.61 Å². The number of amides is 1. The van der Waals surface area contributed by atoms with Gasteiger partial charge in [0.2, 0.25) is 5.88 Å². The third-order valence-electron chi connectivity index (χ3n) is 3.57. The molecule has 2 N–H and O–H groups in total. The van der Waals surface area contributed by atoms with Crippen molar-refractivity contribution < 1.29 is 22.7 Å². The van der Waals surface area contributed by atoms with Crippen LogP contribution in [0.5, 0.6) is 5.88 Å². The number of nitrogens with zero attached hydrogens (tertiary/aromatic N) is 2. The molecule has 27 heavy (non-hydrogen) atoms. The van der Waals surface area contributed by atoms with Gasteiger partial charge in [-0.1, -0.05) is 30.3 Å². The Morgan fingerprint density at radius 3 is 2.37 bits per heavy atom. The van der Waals surface area contributed by atoms with Gasteiger partial charge in [0, 0.05) is 31.9 Å². The molecule has 9 heteroatoms. The Hall–Kier alpha value is -2.32. The van der Waals surface area contributed by atoms with Crippen LogP contribution in [-0.2, 0) is 6.42 Å². The van der Waals surface area contributed by atoms with Crippen LogP contribution in [0.1, 0.15) is 15.9 Å². The first-order chi connectivity index (χ1) is 12.4. The lowest BCUT2D eigenvalue weighted by Crippen LogP contribution is -2.37. The second kappa shape index (κ2) is 10.7. The maximum absolute atomic E-state index is 12.6. The standard InChI is InChI=1S/C18H20F3N3O2.ClH/c19-18(20,21)13-26-16-7-6-15(12-23-16)17(25)24(11-9-22)10-8-14-4-2-1-3-5-14;/h1-7,12H,8-11,13,22H2;1H. The summed E-state index contributed by atoms with van der Waals surface area (Å²) >= 11 is 0. The Balaban J connectivity index is 0.00000364. The number of aromatic nitrogens is 1. The van der Waals surface area contributed by atoms with Crippen LogP contribution in [0, 0.1) is 0 Å². The summed E-state index contributed by atoms with van der Waals surface area (Å²) in [6.45, 7) is -0.269. The minimum Gasteiger partial charge on any atom is -0.468 e. The van der Waals surface area contributed by atoms with E-state index in [9.17, 15) is 18.0 Å². The molecule has 0 bridgehead atoms. The highest BCUT2D eigenvalue weighted by atomic mass is 35.5. The fraction of sp³-hybridized carbons (Fsp3) is 0.333. The highest BCUT2D eigenvalue weighted by molar-refractivity contribution is 5.94. The lowest BCUT2D eigenvalue weighted by Gasteiger charge is -2.22. The van der Waals surface area contributed by atoms with E-state index >= 15 is 0 Å². The number of benzene rings is 1. The van der Waals surface area contributed by atoms with Gasteiger partial charge >= 0.3 is 6.18 Å². The Bertz CT molecular complexity index is 697. The van der Waals surface area contributed by atoms with Gasteiger partial charge in [-0.15, -0.1) is 12.4 Å². The highest BCUT2D eigenvalue weighted by Crippen LogP contribution is 2.17. The van der Waals surface area contributed by atoms with Gasteiger partial charge in [-0.2, -0.15) is 13.2 Å². The zero-order valence-electron chi connectivity index (χ0n) is 14.5. The van der Waals surface area contributed by atoms with E-state index < -0.39 is 12.8 Å². The number of hydrogen-bond acceptors (Lipinski definition) is 4. The summed E-state index contributed by atoms with van der Waals surface area (Å²) < 4.78 is 41.0. The quantitative estimate of drug-likeness (QED) is 0.735. The Morgan fingerprint density at radius 1 is 1.11 bits per heavy atom. The maximum Gasteiger partial charge on any atom is 0.422 e. The second-order valence-corrected chi connectivity index (χ2v) is 5.61. The third-order valence-corrected chi connectivity index (χ3v) is 3.57. The fourth-order valence-electron chi connectivity index (χ4n) is 2.31. The van der Waals surface area contributed by atoms with Crippen molar-refractivity contribution in [1.29, 1.82) is 0 Å². The molecule has 0 aliphatic heterocycles. The van der Waals surface area contributed by atoms with Crippen molar-refractivity contribution in [2.75, 3.05) is 26.2 Å². The van der Waals surface area contributed by atoms with E-state index in [0.717, 1.165) is 5.56 Å². The van der Waals surface area contributed by atoms with Crippen LogP contribution in [0.3, 0.4) is 0 Å². The summed E-state index contributed by atoms with van der Waals surface area (Å²) in [5, 5.41) is 0. The molecule has 0 aliphatic rings. The van der Waals surface area contributed by atoms with Crippen molar-refractivity contribution in [3.05, 3.63) is 59.8 Å². The van der Waals surface area contributed by atoms with E-state index in [1.54, 1.807) is 4.90 Å². The molecule has 2 aromatic rings. The SMILES string of the molecule is Cl.NCCN(CCc1ccccc1)C(=O)c1ccc(OCC(F)(F)F)nc1. The molecule has 0 unspecified atom stereocenters. The molecular weight excluding hydrogens is 383 g/mol. The molecule has 0 saturated heterocycles. The van der Waals surface area contributed by atoms with Crippen molar-refractivity contribution in [3.8, 4) is 5.88 Å². The smallest absolute Gasteiger partial charge is 0.422 e. The summed E-state index contributed by atoms with van der Waals surface area (Å²) in [6, 6.07) is 12.4. The average molecular weight is 404 g/mol. The lowest BCUT2D eigenvalue weighted by atomic mass is 10.1. The Morgan fingerprint density at radius 2 is 1.81 bits per heavy atom. The number of ether oxygens (including phenoxy) is 1. The monoisotopic (exact) mass is 403 g/mol. The number of rotatable bonds is 8. The summed E-state index contributed by atoms with van der Waals surface area (Å²) in [4.78, 5) is 18.0. The molecule has 0 fully saturated rings. The van der Waals surface area contributed by atoms with E-state index in [0.29, 0.717) is 26.1 Å². The zero-order valence-corrected chi connectivity index (χ0v) is 15.3. The van der Waals surface area contributed by atoms with Crippen LogP contribution in [-0.4, -0.2) is 48.2 Å². The van der Waals surface area contributed by atoms with Crippen molar-refractivity contribution in [3.63, 3.8) is 0 Å². The average Bonchev–Trinajstić information content (AvgIpc) is 2.63. The number of alkyl halides is 3. The molecule has 1 aromatic heterocycles. The van der Waals surface area contributed by atoms with Crippen LogP contribution < -0.4 is 10.5 Å². The third kappa shape index (κ3) is 7.84. The summed E-state index contributed by atoms with van der Waals surface area (Å²) in [5.74, 6) is -0.463. The van der Waals surface area contributed by atoms with Crippen molar-refractivity contribution in [1.82, 2.24) is 9.88 Å². The number of nitrogens with two attached hydrogens (primary N) is 1. The Kier molecular flexibility index (Phi) is 9.04. The van der Waals surface area contributed by atoms with Crippen molar-refractivity contribution in [2.24, 2.45) is 5.73 Å². The predicted octanol–water partition coefficient (Wildman–Crippen LogP) is 3.09. The molecule has 0 saturated carbocycles. The maximum atomic E-state index is 12.6. The zero-order chi connectivity index (χ0) is 19.0. The van der Waals surface area contributed by atoms with E-state index in [1.807, 2.05) is 30.3 Å². The first-order valence-corrected chi connectivity index (χ1v) is 8.08. The largest absolute Gasteiger partial charge is 0.468 e. The number of carbonyl (C=O) groups is 1. The molecule has 1 amide bonds. The molecule has 0 spiro atoms. The van der Waals surface area contributed by atoms with Crippen molar-refractivity contribution in [2.45, 2.75) is 12.6 Å². The van der Waals surface area contributed by atoms with Gasteiger partial charge in [0.05, 0.1) is 5.56 Å². The van der Waals surface area contributed by atoms with E-state index in [2.05, 4.69) is 9.72 Å². The summed E-state index contributed by atoms with van der Waals surface area (Å²) in [5.41, 5.74) is 6.95. The van der Waals surface area contributed by atoms with Crippen LogP contribution in [0.2, 0.25) is 0 Å². The minimum absolute atomic E-state index is 0. The first-order valence-electron chi connectivity index (χ1n) is 8.08. The van der Waals surface area contributed by atoms with Gasteiger partial charge in [-0.3, -0.25) is 4.79 Å². The fourth-order valence-corrected chi connectivity index (χ4v) is 2.31. The van der Waals surface area contributed by atoms with Crippen molar-refractivity contribution >= 4 is 18.3 Å². The topological polar surface area (TPSA) is 68.5 Å². The van der Waals surface area contributed by atoms with Crippen LogP contribution >= 0.6 is 12.4 Å². The number of pyridine rings is 1. The van der Waals surface area contributed by atoms with Gasteiger partial charge in [-0.25, -0.2) is 4.98 Å². The van der Waals surface area contributed by atoms with Gasteiger partial charge in [-0.05, 0) is 18.1 Å². The predicted molar refractivity (Wildman–Crippen MR) is 98.1 cm³/mol. The number of halogens is 4.